The van der Waals surface area contributed by atoms with Crippen molar-refractivity contribution in [3.05, 3.63) is 95.6 Å². The summed E-state index contributed by atoms with van der Waals surface area (Å²) in [6.45, 7) is 4.60. The van der Waals surface area contributed by atoms with Gasteiger partial charge in [0, 0.05) is 38.4 Å². The van der Waals surface area contributed by atoms with Crippen molar-refractivity contribution in [3.63, 3.8) is 0 Å². The average Bonchev–Trinajstić information content (AvgIpc) is 2.84. The van der Waals surface area contributed by atoms with Gasteiger partial charge in [-0.3, -0.25) is 4.90 Å². The molecule has 0 saturated carbocycles. The Bertz CT molecular complexity index is 969. The molecule has 0 bridgehead atoms. The van der Waals surface area contributed by atoms with Crippen molar-refractivity contribution in [1.29, 1.82) is 5.26 Å². The zero-order valence-corrected chi connectivity index (χ0v) is 17.6. The van der Waals surface area contributed by atoms with Crippen molar-refractivity contribution >= 4 is 11.4 Å². The first kappa shape index (κ1) is 20.9. The second-order valence-electron chi connectivity index (χ2n) is 7.79. The van der Waals surface area contributed by atoms with E-state index in [4.69, 9.17) is 0 Å². The summed E-state index contributed by atoms with van der Waals surface area (Å²) in [5.74, 6) is 0. The van der Waals surface area contributed by atoms with Gasteiger partial charge in [-0.25, -0.2) is 0 Å². The van der Waals surface area contributed by atoms with Crippen LogP contribution in [0.1, 0.15) is 22.7 Å². The van der Waals surface area contributed by atoms with Crippen LogP contribution in [0.5, 0.6) is 0 Å². The van der Waals surface area contributed by atoms with Crippen LogP contribution in [0, 0.1) is 11.3 Å². The molecule has 5 heteroatoms. The molecular weight excluding hydrogens is 384 g/mol. The highest BCUT2D eigenvalue weighted by molar-refractivity contribution is 5.67. The molecular formula is C26H28N4O. The van der Waals surface area contributed by atoms with Gasteiger partial charge in [0.2, 0.25) is 0 Å². The van der Waals surface area contributed by atoms with E-state index in [9.17, 15) is 10.4 Å². The first-order chi connectivity index (χ1) is 15.3. The zero-order valence-electron chi connectivity index (χ0n) is 17.6. The first-order valence-corrected chi connectivity index (χ1v) is 10.8. The number of β-amino-alcohol motifs (C(OH)–C–C–N with tert-alkyl or cyclic N) is 1. The number of benzene rings is 3. The Balaban J connectivity index is 1.61. The Morgan fingerprint density at radius 2 is 1.48 bits per heavy atom. The van der Waals surface area contributed by atoms with Gasteiger partial charge in [0.15, 0.2) is 0 Å². The summed E-state index contributed by atoms with van der Waals surface area (Å²) in [6, 6.07) is 29.0. The lowest BCUT2D eigenvalue weighted by Gasteiger charge is -2.36. The topological polar surface area (TPSA) is 62.5 Å². The molecule has 1 saturated heterocycles. The largest absolute Gasteiger partial charge is 0.395 e. The average molecular weight is 413 g/mol. The van der Waals surface area contributed by atoms with Gasteiger partial charge >= 0.3 is 0 Å². The molecule has 5 nitrogen and oxygen atoms in total. The molecule has 1 fully saturated rings. The number of hydrogen-bond acceptors (Lipinski definition) is 5. The number of piperazine rings is 1. The third kappa shape index (κ3) is 5.05. The standard InChI is InChI=1S/C26H28N4O/c27-20-23-11-12-24(30-15-13-29(14-16-30)17-18-31)19-25(23)28-26(21-7-3-1-4-8-21)22-9-5-2-6-10-22/h1-12,19,26,28,31H,13-18H2. The quantitative estimate of drug-likeness (QED) is 0.617. The molecule has 4 rings (SSSR count). The van der Waals surface area contributed by atoms with Crippen molar-refractivity contribution in [2.45, 2.75) is 6.04 Å². The van der Waals surface area contributed by atoms with Crippen LogP contribution in [0.4, 0.5) is 11.4 Å². The van der Waals surface area contributed by atoms with E-state index in [1.807, 2.05) is 48.5 Å². The molecule has 0 radical (unpaired) electrons. The maximum Gasteiger partial charge on any atom is 0.101 e. The minimum absolute atomic E-state index is 0.0499. The molecule has 2 N–H and O–H groups in total. The summed E-state index contributed by atoms with van der Waals surface area (Å²) < 4.78 is 0. The number of hydrogen-bond donors (Lipinski definition) is 2. The van der Waals surface area contributed by atoms with Crippen molar-refractivity contribution in [1.82, 2.24) is 4.90 Å². The molecule has 31 heavy (non-hydrogen) atoms. The van der Waals surface area contributed by atoms with Gasteiger partial charge in [0.25, 0.3) is 0 Å². The number of nitrogens with one attached hydrogen (secondary N) is 1. The minimum Gasteiger partial charge on any atom is -0.395 e. The SMILES string of the molecule is N#Cc1ccc(N2CCN(CCO)CC2)cc1NC(c1ccccc1)c1ccccc1. The van der Waals surface area contributed by atoms with Gasteiger partial charge in [0.1, 0.15) is 6.07 Å². The van der Waals surface area contributed by atoms with Crippen LogP contribution >= 0.6 is 0 Å². The summed E-state index contributed by atoms with van der Waals surface area (Å²) in [5, 5.41) is 22.6. The molecule has 1 heterocycles. The normalized spacial score (nSPS) is 14.4. The van der Waals surface area contributed by atoms with E-state index in [1.54, 1.807) is 0 Å². The molecule has 0 aliphatic carbocycles. The van der Waals surface area contributed by atoms with E-state index in [0.717, 1.165) is 55.2 Å². The van der Waals surface area contributed by atoms with Crippen molar-refractivity contribution in [2.75, 3.05) is 49.5 Å². The lowest BCUT2D eigenvalue weighted by atomic mass is 9.98. The molecule has 1 aliphatic rings. The third-order valence-electron chi connectivity index (χ3n) is 5.84. The molecule has 3 aromatic carbocycles. The Morgan fingerprint density at radius 1 is 0.871 bits per heavy atom. The second kappa shape index (κ2) is 10.1. The summed E-state index contributed by atoms with van der Waals surface area (Å²) in [6.07, 6.45) is 0. The van der Waals surface area contributed by atoms with Crippen LogP contribution in [0.15, 0.2) is 78.9 Å². The summed E-state index contributed by atoms with van der Waals surface area (Å²) >= 11 is 0. The Kier molecular flexibility index (Phi) is 6.83. The van der Waals surface area contributed by atoms with E-state index in [0.29, 0.717) is 5.56 Å². The van der Waals surface area contributed by atoms with Gasteiger partial charge in [-0.1, -0.05) is 60.7 Å². The Labute approximate surface area is 184 Å². The number of rotatable bonds is 7. The van der Waals surface area contributed by atoms with Gasteiger partial charge in [0.05, 0.1) is 23.9 Å². The molecule has 3 aromatic rings. The van der Waals surface area contributed by atoms with E-state index in [-0.39, 0.29) is 12.6 Å². The van der Waals surface area contributed by atoms with E-state index in [1.165, 1.54) is 0 Å². The van der Waals surface area contributed by atoms with E-state index in [2.05, 4.69) is 51.5 Å². The maximum atomic E-state index is 9.73. The number of nitrogens with zero attached hydrogens (tertiary/aromatic N) is 3. The van der Waals surface area contributed by atoms with Crippen LogP contribution in [0.2, 0.25) is 0 Å². The first-order valence-electron chi connectivity index (χ1n) is 10.8. The maximum absolute atomic E-state index is 9.73. The van der Waals surface area contributed by atoms with Crippen molar-refractivity contribution in [3.8, 4) is 6.07 Å². The molecule has 0 unspecified atom stereocenters. The minimum atomic E-state index is -0.0499. The van der Waals surface area contributed by atoms with Gasteiger partial charge < -0.3 is 15.3 Å². The molecule has 0 atom stereocenters. The number of anilines is 2. The summed E-state index contributed by atoms with van der Waals surface area (Å²) in [5.41, 5.74) is 4.90. The second-order valence-corrected chi connectivity index (χ2v) is 7.79. The highest BCUT2D eigenvalue weighted by Gasteiger charge is 2.19. The fraction of sp³-hybridized carbons (Fsp3) is 0.269. The van der Waals surface area contributed by atoms with E-state index < -0.39 is 0 Å². The predicted molar refractivity (Wildman–Crippen MR) is 125 cm³/mol. The molecule has 158 valence electrons. The van der Waals surface area contributed by atoms with E-state index >= 15 is 0 Å². The number of nitriles is 1. The van der Waals surface area contributed by atoms with Crippen LogP contribution in [0.25, 0.3) is 0 Å². The molecule has 0 aromatic heterocycles. The summed E-state index contributed by atoms with van der Waals surface area (Å²) in [4.78, 5) is 4.63. The molecule has 0 amide bonds. The van der Waals surface area contributed by atoms with Gasteiger partial charge in [-0.05, 0) is 29.3 Å². The monoisotopic (exact) mass is 412 g/mol. The van der Waals surface area contributed by atoms with Crippen LogP contribution in [0.3, 0.4) is 0 Å². The van der Waals surface area contributed by atoms with Crippen LogP contribution < -0.4 is 10.2 Å². The fourth-order valence-electron chi connectivity index (χ4n) is 4.12. The van der Waals surface area contributed by atoms with Crippen LogP contribution in [-0.2, 0) is 0 Å². The number of aliphatic hydroxyl groups excluding tert-OH is 1. The highest BCUT2D eigenvalue weighted by Crippen LogP contribution is 2.31. The molecule has 0 spiro atoms. The number of aliphatic hydroxyl groups is 1. The lowest BCUT2D eigenvalue weighted by molar-refractivity contribution is 0.189. The fourth-order valence-corrected chi connectivity index (χ4v) is 4.12. The Hall–Kier alpha value is -3.33. The zero-order chi connectivity index (χ0) is 21.5. The smallest absolute Gasteiger partial charge is 0.101 e. The van der Waals surface area contributed by atoms with Gasteiger partial charge in [-0.15, -0.1) is 0 Å². The van der Waals surface area contributed by atoms with Crippen molar-refractivity contribution < 1.29 is 5.11 Å². The predicted octanol–water partition coefficient (Wildman–Crippen LogP) is 3.87. The van der Waals surface area contributed by atoms with Gasteiger partial charge in [-0.2, -0.15) is 5.26 Å². The van der Waals surface area contributed by atoms with Crippen molar-refractivity contribution in [2.24, 2.45) is 0 Å². The van der Waals surface area contributed by atoms with Crippen LogP contribution in [-0.4, -0.2) is 49.3 Å². The Morgan fingerprint density at radius 3 is 2.03 bits per heavy atom. The highest BCUT2D eigenvalue weighted by atomic mass is 16.3. The summed E-state index contributed by atoms with van der Waals surface area (Å²) in [7, 11) is 0. The molecule has 1 aliphatic heterocycles. The lowest BCUT2D eigenvalue weighted by Crippen LogP contribution is -2.47. The third-order valence-corrected chi connectivity index (χ3v) is 5.84.